The molecule has 0 bridgehead atoms. The van der Waals surface area contributed by atoms with E-state index in [2.05, 4.69) is 10.5 Å². The number of aromatic nitrogens is 1. The smallest absolute Gasteiger partial charge is 0.249 e. The molecule has 26 heavy (non-hydrogen) atoms. The molecule has 7 heteroatoms. The van der Waals surface area contributed by atoms with Gasteiger partial charge in [-0.1, -0.05) is 32.0 Å². The van der Waals surface area contributed by atoms with Gasteiger partial charge in [-0.15, -0.1) is 0 Å². The summed E-state index contributed by atoms with van der Waals surface area (Å²) in [4.78, 5) is 26.3. The van der Waals surface area contributed by atoms with Crippen molar-refractivity contribution in [3.05, 3.63) is 41.3 Å². The number of halogens is 1. The molecule has 0 aliphatic carbocycles. The summed E-state index contributed by atoms with van der Waals surface area (Å²) in [6, 6.07) is 5.48. The molecule has 2 amide bonds. The van der Waals surface area contributed by atoms with E-state index in [-0.39, 0.29) is 29.5 Å². The zero-order valence-electron chi connectivity index (χ0n) is 15.3. The lowest BCUT2D eigenvalue weighted by atomic mass is 9.92. The van der Waals surface area contributed by atoms with Gasteiger partial charge in [-0.25, -0.2) is 4.39 Å². The lowest BCUT2D eigenvalue weighted by Crippen LogP contribution is -2.41. The number of carbonyl (C=O) groups is 2. The predicted octanol–water partition coefficient (Wildman–Crippen LogP) is 3.55. The monoisotopic (exact) mass is 359 g/mol. The molecule has 1 atom stereocenters. The Labute approximate surface area is 151 Å². The van der Waals surface area contributed by atoms with Gasteiger partial charge in [-0.3, -0.25) is 19.8 Å². The second kappa shape index (κ2) is 6.55. The van der Waals surface area contributed by atoms with Gasteiger partial charge in [0.2, 0.25) is 17.7 Å². The summed E-state index contributed by atoms with van der Waals surface area (Å²) in [5.41, 5.74) is 1.37. The Bertz CT molecular complexity index is 854. The summed E-state index contributed by atoms with van der Waals surface area (Å²) in [5.74, 6) is -0.768. The molecule has 2 heterocycles. The molecule has 0 saturated carbocycles. The largest absolute Gasteiger partial charge is 0.338 e. The van der Waals surface area contributed by atoms with E-state index < -0.39 is 11.9 Å². The first kappa shape index (κ1) is 18.1. The van der Waals surface area contributed by atoms with Gasteiger partial charge in [0.1, 0.15) is 11.9 Å². The molecule has 1 aliphatic heterocycles. The summed E-state index contributed by atoms with van der Waals surface area (Å²) < 4.78 is 19.1. The van der Waals surface area contributed by atoms with Gasteiger partial charge in [0.25, 0.3) is 0 Å². The summed E-state index contributed by atoms with van der Waals surface area (Å²) >= 11 is 0. The number of rotatable bonds is 3. The fraction of sp³-hybridized carbons (Fsp3) is 0.421. The maximum atomic E-state index is 13.9. The first-order chi connectivity index (χ1) is 12.2. The number of carbonyl (C=O) groups excluding carboxylic acids is 2. The van der Waals surface area contributed by atoms with E-state index in [0.29, 0.717) is 23.4 Å². The molecule has 1 N–H and O–H groups in total. The van der Waals surface area contributed by atoms with Gasteiger partial charge in [-0.05, 0) is 31.0 Å². The van der Waals surface area contributed by atoms with Gasteiger partial charge in [0.15, 0.2) is 0 Å². The van der Waals surface area contributed by atoms with Crippen molar-refractivity contribution in [2.75, 3.05) is 10.2 Å². The second-order valence-electron chi connectivity index (χ2n) is 7.57. The molecule has 2 aromatic rings. The van der Waals surface area contributed by atoms with Crippen molar-refractivity contribution in [2.45, 2.75) is 52.0 Å². The molecule has 0 unspecified atom stereocenters. The Kier molecular flexibility index (Phi) is 4.56. The highest BCUT2D eigenvalue weighted by Gasteiger charge is 2.37. The number of amides is 2. The molecule has 0 spiro atoms. The molecule has 0 radical (unpaired) electrons. The van der Waals surface area contributed by atoms with Crippen LogP contribution in [0.1, 0.15) is 44.9 Å². The second-order valence-corrected chi connectivity index (χ2v) is 7.57. The van der Waals surface area contributed by atoms with Crippen molar-refractivity contribution in [1.29, 1.82) is 0 Å². The molecule has 1 saturated heterocycles. The van der Waals surface area contributed by atoms with Crippen molar-refractivity contribution in [3.63, 3.8) is 0 Å². The summed E-state index contributed by atoms with van der Waals surface area (Å²) in [6.07, 6.45) is 0.595. The summed E-state index contributed by atoms with van der Waals surface area (Å²) in [6.45, 7) is 7.60. The quantitative estimate of drug-likeness (QED) is 0.909. The number of nitrogens with one attached hydrogen (secondary N) is 1. The lowest BCUT2D eigenvalue weighted by molar-refractivity contribution is -0.120. The van der Waals surface area contributed by atoms with Crippen molar-refractivity contribution >= 4 is 23.4 Å². The van der Waals surface area contributed by atoms with Crippen LogP contribution >= 0.6 is 0 Å². The zero-order chi connectivity index (χ0) is 19.1. The van der Waals surface area contributed by atoms with Crippen LogP contribution in [0.2, 0.25) is 0 Å². The van der Waals surface area contributed by atoms with Gasteiger partial charge >= 0.3 is 0 Å². The maximum absolute atomic E-state index is 13.9. The highest BCUT2D eigenvalue weighted by molar-refractivity contribution is 6.07. The van der Waals surface area contributed by atoms with Crippen molar-refractivity contribution < 1.29 is 18.5 Å². The Morgan fingerprint density at radius 2 is 2.08 bits per heavy atom. The highest BCUT2D eigenvalue weighted by atomic mass is 19.1. The van der Waals surface area contributed by atoms with Crippen LogP contribution in [0.15, 0.2) is 28.8 Å². The number of benzene rings is 1. The predicted molar refractivity (Wildman–Crippen MR) is 95.5 cm³/mol. The van der Waals surface area contributed by atoms with Crippen LogP contribution < -0.4 is 10.2 Å². The van der Waals surface area contributed by atoms with Crippen LogP contribution in [0.3, 0.4) is 0 Å². The lowest BCUT2D eigenvalue weighted by Gasteiger charge is -2.24. The van der Waals surface area contributed by atoms with E-state index in [1.165, 1.54) is 11.0 Å². The summed E-state index contributed by atoms with van der Waals surface area (Å²) in [5, 5.41) is 6.63. The van der Waals surface area contributed by atoms with Crippen LogP contribution in [-0.4, -0.2) is 23.0 Å². The van der Waals surface area contributed by atoms with E-state index in [1.807, 2.05) is 20.8 Å². The minimum absolute atomic E-state index is 0.207. The topological polar surface area (TPSA) is 75.4 Å². The first-order valence-electron chi connectivity index (χ1n) is 8.53. The normalized spacial score (nSPS) is 17.7. The minimum atomic E-state index is -0.715. The summed E-state index contributed by atoms with van der Waals surface area (Å²) in [7, 11) is 0. The fourth-order valence-electron chi connectivity index (χ4n) is 2.88. The van der Waals surface area contributed by atoms with Crippen LogP contribution in [0.5, 0.6) is 0 Å². The maximum Gasteiger partial charge on any atom is 0.249 e. The molecule has 1 aliphatic rings. The van der Waals surface area contributed by atoms with E-state index in [4.69, 9.17) is 4.52 Å². The number of hydrogen-bond donors (Lipinski definition) is 1. The van der Waals surface area contributed by atoms with E-state index in [0.717, 1.165) is 0 Å². The molecular weight excluding hydrogens is 337 g/mol. The third kappa shape index (κ3) is 3.47. The van der Waals surface area contributed by atoms with E-state index in [9.17, 15) is 14.0 Å². The average Bonchev–Trinajstić information content (AvgIpc) is 3.16. The fourth-order valence-corrected chi connectivity index (χ4v) is 2.88. The Morgan fingerprint density at radius 1 is 1.35 bits per heavy atom. The third-order valence-electron chi connectivity index (χ3n) is 4.47. The molecule has 6 nitrogen and oxygen atoms in total. The minimum Gasteiger partial charge on any atom is -0.338 e. The van der Waals surface area contributed by atoms with E-state index in [1.54, 1.807) is 25.1 Å². The van der Waals surface area contributed by atoms with Gasteiger partial charge in [0.05, 0.1) is 5.69 Å². The van der Waals surface area contributed by atoms with Gasteiger partial charge in [-0.2, -0.15) is 0 Å². The van der Waals surface area contributed by atoms with Crippen molar-refractivity contribution in [2.24, 2.45) is 0 Å². The van der Waals surface area contributed by atoms with Crippen LogP contribution in [0.4, 0.5) is 16.0 Å². The van der Waals surface area contributed by atoms with Crippen molar-refractivity contribution in [1.82, 2.24) is 5.16 Å². The molecule has 138 valence electrons. The number of aryl methyl sites for hydroxylation is 1. The number of anilines is 2. The Balaban J connectivity index is 1.80. The molecule has 1 aromatic carbocycles. The first-order valence-corrected chi connectivity index (χ1v) is 8.53. The highest BCUT2D eigenvalue weighted by Crippen LogP contribution is 2.29. The Morgan fingerprint density at radius 3 is 2.69 bits per heavy atom. The SMILES string of the molecule is Cc1ccc(N2C(=O)CC[C@H]2C(=O)Nc2cc(C(C)(C)C)no2)cc1F. The molecule has 1 fully saturated rings. The zero-order valence-corrected chi connectivity index (χ0v) is 15.3. The standard InChI is InChI=1S/C19H22FN3O3/c1-11-5-6-12(9-13(11)20)23-14(7-8-17(23)24)18(25)21-16-10-15(22-26-16)19(2,3)4/h5-6,9-10,14H,7-8H2,1-4H3,(H,21,25)/t14-/m0/s1. The molecule has 3 rings (SSSR count). The van der Waals surface area contributed by atoms with Crippen LogP contribution in [0.25, 0.3) is 0 Å². The van der Waals surface area contributed by atoms with Crippen LogP contribution in [-0.2, 0) is 15.0 Å². The third-order valence-corrected chi connectivity index (χ3v) is 4.47. The number of hydrogen-bond acceptors (Lipinski definition) is 4. The Hall–Kier alpha value is -2.70. The average molecular weight is 359 g/mol. The van der Waals surface area contributed by atoms with Crippen LogP contribution in [0, 0.1) is 12.7 Å². The molecule has 1 aromatic heterocycles. The van der Waals surface area contributed by atoms with E-state index >= 15 is 0 Å². The van der Waals surface area contributed by atoms with Gasteiger partial charge in [0, 0.05) is 23.6 Å². The van der Waals surface area contributed by atoms with Crippen molar-refractivity contribution in [3.8, 4) is 0 Å². The van der Waals surface area contributed by atoms with Gasteiger partial charge < -0.3 is 4.52 Å². The molecular formula is C19H22FN3O3. The number of nitrogens with zero attached hydrogens (tertiary/aromatic N) is 2.